The molecule has 1 N–H and O–H groups in total. The maximum atomic E-state index is 4.83. The highest BCUT2D eigenvalue weighted by atomic mass is 15.1. The average molecular weight is 219 g/mol. The van der Waals surface area contributed by atoms with Crippen LogP contribution in [0.3, 0.4) is 0 Å². The molecule has 0 unspecified atom stereocenters. The predicted molar refractivity (Wildman–Crippen MR) is 64.3 cm³/mol. The Morgan fingerprint density at radius 1 is 1.38 bits per heavy atom. The van der Waals surface area contributed by atoms with Gasteiger partial charge in [0.25, 0.3) is 0 Å². The Hall–Kier alpha value is -0.830. The van der Waals surface area contributed by atoms with Gasteiger partial charge in [-0.1, -0.05) is 13.3 Å². The lowest BCUT2D eigenvalue weighted by atomic mass is 10.0. The number of fused-ring (bicyclic) bond motifs is 1. The van der Waals surface area contributed by atoms with Gasteiger partial charge in [0, 0.05) is 19.2 Å². The molecule has 3 heterocycles. The van der Waals surface area contributed by atoms with Gasteiger partial charge < -0.3 is 9.88 Å². The molecule has 1 aromatic rings. The second kappa shape index (κ2) is 4.21. The first kappa shape index (κ1) is 10.3. The molecule has 0 aliphatic carbocycles. The van der Waals surface area contributed by atoms with Gasteiger partial charge in [-0.05, 0) is 31.7 Å². The van der Waals surface area contributed by atoms with E-state index in [4.69, 9.17) is 4.98 Å². The van der Waals surface area contributed by atoms with Gasteiger partial charge in [-0.2, -0.15) is 0 Å². The van der Waals surface area contributed by atoms with Crippen LogP contribution >= 0.6 is 0 Å². The quantitative estimate of drug-likeness (QED) is 0.785. The largest absolute Gasteiger partial charge is 0.335 e. The van der Waals surface area contributed by atoms with E-state index in [2.05, 4.69) is 23.0 Å². The van der Waals surface area contributed by atoms with Crippen LogP contribution in [0.1, 0.15) is 50.2 Å². The van der Waals surface area contributed by atoms with Crippen LogP contribution in [0.15, 0.2) is 6.20 Å². The van der Waals surface area contributed by atoms with Crippen molar-refractivity contribution >= 4 is 0 Å². The molecular formula is C13H21N3. The van der Waals surface area contributed by atoms with Crippen molar-refractivity contribution in [1.29, 1.82) is 0 Å². The molecule has 3 heteroatoms. The third kappa shape index (κ3) is 1.88. The maximum absolute atomic E-state index is 4.83. The van der Waals surface area contributed by atoms with E-state index in [0.29, 0.717) is 6.04 Å². The van der Waals surface area contributed by atoms with E-state index < -0.39 is 0 Å². The van der Waals surface area contributed by atoms with Gasteiger partial charge in [-0.15, -0.1) is 0 Å². The fourth-order valence-corrected chi connectivity index (χ4v) is 2.88. The minimum atomic E-state index is 0.516. The smallest absolute Gasteiger partial charge is 0.109 e. The van der Waals surface area contributed by atoms with Crippen LogP contribution in [-0.4, -0.2) is 16.1 Å². The van der Waals surface area contributed by atoms with Crippen LogP contribution < -0.4 is 5.32 Å². The van der Waals surface area contributed by atoms with Crippen molar-refractivity contribution < 1.29 is 0 Å². The molecule has 2 aliphatic heterocycles. The van der Waals surface area contributed by atoms with Crippen molar-refractivity contribution in [2.45, 2.75) is 51.6 Å². The van der Waals surface area contributed by atoms with Gasteiger partial charge >= 0.3 is 0 Å². The fraction of sp³-hybridized carbons (Fsp3) is 0.769. The molecule has 0 aromatic carbocycles. The number of rotatable bonds is 1. The Labute approximate surface area is 97.3 Å². The van der Waals surface area contributed by atoms with Crippen molar-refractivity contribution in [3.63, 3.8) is 0 Å². The number of hydrogen-bond acceptors (Lipinski definition) is 2. The van der Waals surface area contributed by atoms with Crippen molar-refractivity contribution in [1.82, 2.24) is 14.9 Å². The molecule has 0 saturated carbocycles. The Balaban J connectivity index is 1.80. The topological polar surface area (TPSA) is 29.9 Å². The summed E-state index contributed by atoms with van der Waals surface area (Å²) in [6, 6.07) is 0.516. The number of nitrogens with zero attached hydrogens (tertiary/aromatic N) is 2. The van der Waals surface area contributed by atoms with Crippen LogP contribution in [0, 0.1) is 5.92 Å². The fourth-order valence-electron chi connectivity index (χ4n) is 2.88. The van der Waals surface area contributed by atoms with Gasteiger partial charge in [0.1, 0.15) is 5.82 Å². The molecule has 3 rings (SSSR count). The maximum Gasteiger partial charge on any atom is 0.109 e. The second-order valence-electron chi connectivity index (χ2n) is 5.38. The molecule has 0 amide bonds. The van der Waals surface area contributed by atoms with Crippen LogP contribution in [0.2, 0.25) is 0 Å². The molecule has 0 radical (unpaired) electrons. The molecule has 1 aromatic heterocycles. The van der Waals surface area contributed by atoms with Gasteiger partial charge in [-0.25, -0.2) is 4.98 Å². The third-order valence-electron chi connectivity index (χ3n) is 3.94. The molecule has 0 bridgehead atoms. The Bertz CT molecular complexity index is 363. The molecular weight excluding hydrogens is 198 g/mol. The summed E-state index contributed by atoms with van der Waals surface area (Å²) in [5, 5.41) is 3.58. The van der Waals surface area contributed by atoms with Gasteiger partial charge in [0.15, 0.2) is 0 Å². The standard InChI is InChI=1S/C13H21N3/c1-10-5-7-16-9-12(15-13(16)8-10)11-4-2-3-6-14-11/h9-11,14H,2-8H2,1H3/t10-,11-/m0/s1. The lowest BCUT2D eigenvalue weighted by Gasteiger charge is -2.21. The Kier molecular flexibility index (Phi) is 2.72. The van der Waals surface area contributed by atoms with Crippen molar-refractivity contribution in [2.75, 3.05) is 6.54 Å². The molecule has 1 fully saturated rings. The van der Waals surface area contributed by atoms with E-state index in [-0.39, 0.29) is 0 Å². The van der Waals surface area contributed by atoms with Crippen molar-refractivity contribution in [2.24, 2.45) is 5.92 Å². The molecule has 1 saturated heterocycles. The van der Waals surface area contributed by atoms with Crippen LogP contribution in [0.25, 0.3) is 0 Å². The summed E-state index contributed by atoms with van der Waals surface area (Å²) in [5.41, 5.74) is 1.28. The number of piperidine rings is 1. The van der Waals surface area contributed by atoms with Crippen molar-refractivity contribution in [3.8, 4) is 0 Å². The summed E-state index contributed by atoms with van der Waals surface area (Å²) in [5.74, 6) is 2.11. The molecule has 2 atom stereocenters. The van der Waals surface area contributed by atoms with E-state index >= 15 is 0 Å². The van der Waals surface area contributed by atoms with E-state index in [0.717, 1.165) is 25.4 Å². The summed E-state index contributed by atoms with van der Waals surface area (Å²) in [7, 11) is 0. The van der Waals surface area contributed by atoms with E-state index in [1.54, 1.807) is 0 Å². The van der Waals surface area contributed by atoms with Crippen LogP contribution in [-0.2, 0) is 13.0 Å². The number of imidazole rings is 1. The zero-order valence-corrected chi connectivity index (χ0v) is 10.1. The molecule has 88 valence electrons. The second-order valence-corrected chi connectivity index (χ2v) is 5.38. The SMILES string of the molecule is C[C@H]1CCn2cc([C@@H]3CCCCN3)nc2C1. The highest BCUT2D eigenvalue weighted by molar-refractivity contribution is 5.11. The zero-order chi connectivity index (χ0) is 11.0. The minimum absolute atomic E-state index is 0.516. The number of aromatic nitrogens is 2. The van der Waals surface area contributed by atoms with Gasteiger partial charge in [0.2, 0.25) is 0 Å². The van der Waals surface area contributed by atoms with Gasteiger partial charge in [-0.3, -0.25) is 0 Å². The molecule has 16 heavy (non-hydrogen) atoms. The number of hydrogen-bond donors (Lipinski definition) is 1. The lowest BCUT2D eigenvalue weighted by Crippen LogP contribution is -2.27. The highest BCUT2D eigenvalue weighted by Crippen LogP contribution is 2.25. The monoisotopic (exact) mass is 219 g/mol. The number of aryl methyl sites for hydroxylation is 1. The first-order valence-electron chi connectivity index (χ1n) is 6.62. The summed E-state index contributed by atoms with van der Waals surface area (Å²) >= 11 is 0. The zero-order valence-electron chi connectivity index (χ0n) is 10.1. The van der Waals surface area contributed by atoms with Crippen LogP contribution in [0.4, 0.5) is 0 Å². The highest BCUT2D eigenvalue weighted by Gasteiger charge is 2.22. The summed E-state index contributed by atoms with van der Waals surface area (Å²) in [6.45, 7) is 4.65. The molecule has 3 nitrogen and oxygen atoms in total. The van der Waals surface area contributed by atoms with Crippen molar-refractivity contribution in [3.05, 3.63) is 17.7 Å². The van der Waals surface area contributed by atoms with E-state index in [1.807, 2.05) is 0 Å². The van der Waals surface area contributed by atoms with Gasteiger partial charge in [0.05, 0.1) is 11.7 Å². The van der Waals surface area contributed by atoms with E-state index in [9.17, 15) is 0 Å². The van der Waals surface area contributed by atoms with E-state index in [1.165, 1.54) is 37.2 Å². The number of nitrogens with one attached hydrogen (secondary N) is 1. The minimum Gasteiger partial charge on any atom is -0.335 e. The van der Waals surface area contributed by atoms with Crippen LogP contribution in [0.5, 0.6) is 0 Å². The Morgan fingerprint density at radius 3 is 3.12 bits per heavy atom. The Morgan fingerprint density at radius 2 is 2.31 bits per heavy atom. The summed E-state index contributed by atoms with van der Waals surface area (Å²) < 4.78 is 2.37. The summed E-state index contributed by atoms with van der Waals surface area (Å²) in [6.07, 6.45) is 8.67. The first-order chi connectivity index (χ1) is 7.83. The molecule has 0 spiro atoms. The average Bonchev–Trinajstić information content (AvgIpc) is 2.73. The predicted octanol–water partition coefficient (Wildman–Crippen LogP) is 2.28. The lowest BCUT2D eigenvalue weighted by molar-refractivity contribution is 0.405. The molecule has 2 aliphatic rings. The first-order valence-corrected chi connectivity index (χ1v) is 6.62. The normalized spacial score (nSPS) is 30.1. The summed E-state index contributed by atoms with van der Waals surface area (Å²) in [4.78, 5) is 4.83. The third-order valence-corrected chi connectivity index (χ3v) is 3.94.